The highest BCUT2D eigenvalue weighted by molar-refractivity contribution is 5.95. The molecule has 132 valence electrons. The van der Waals surface area contributed by atoms with Gasteiger partial charge in [-0.1, -0.05) is 60.7 Å². The molecule has 1 aliphatic rings. The third-order valence-corrected chi connectivity index (χ3v) is 5.51. The van der Waals surface area contributed by atoms with Crippen LogP contribution in [0.5, 0.6) is 0 Å². The van der Waals surface area contributed by atoms with Crippen molar-refractivity contribution in [1.82, 2.24) is 4.98 Å². The van der Waals surface area contributed by atoms with Crippen molar-refractivity contribution in [3.63, 3.8) is 0 Å². The molecule has 1 aromatic heterocycles. The third kappa shape index (κ3) is 2.47. The van der Waals surface area contributed by atoms with Crippen molar-refractivity contribution in [2.45, 2.75) is 20.0 Å². The van der Waals surface area contributed by atoms with Crippen LogP contribution in [0.15, 0.2) is 85.3 Å². The Hall–Kier alpha value is -3.33. The third-order valence-electron chi connectivity index (χ3n) is 5.51. The second-order valence-corrected chi connectivity index (χ2v) is 7.04. The van der Waals surface area contributed by atoms with Crippen molar-refractivity contribution in [1.29, 1.82) is 0 Å². The Balaban J connectivity index is 1.57. The van der Waals surface area contributed by atoms with Crippen LogP contribution in [-0.4, -0.2) is 11.1 Å². The van der Waals surface area contributed by atoms with Crippen LogP contribution in [0.25, 0.3) is 21.5 Å². The van der Waals surface area contributed by atoms with Crippen LogP contribution in [0.2, 0.25) is 0 Å². The van der Waals surface area contributed by atoms with Crippen LogP contribution >= 0.6 is 0 Å². The zero-order valence-corrected chi connectivity index (χ0v) is 15.5. The Labute approximate surface area is 159 Å². The summed E-state index contributed by atoms with van der Waals surface area (Å²) in [6.07, 6.45) is 6.42. The molecule has 0 saturated heterocycles. The molecule has 0 spiro atoms. The van der Waals surface area contributed by atoms with Gasteiger partial charge in [0.1, 0.15) is 12.0 Å². The summed E-state index contributed by atoms with van der Waals surface area (Å²) < 4.78 is 0. The van der Waals surface area contributed by atoms with Crippen LogP contribution in [-0.2, 0) is 0 Å². The fraction of sp³-hybridized carbons (Fsp3) is 0.125. The number of hydrogen-bond donors (Lipinski definition) is 0. The van der Waals surface area contributed by atoms with E-state index in [0.717, 1.165) is 5.82 Å². The number of pyridine rings is 1. The lowest BCUT2D eigenvalue weighted by Crippen LogP contribution is -2.36. The summed E-state index contributed by atoms with van der Waals surface area (Å²) in [6.45, 7) is 4.38. The van der Waals surface area contributed by atoms with Crippen molar-refractivity contribution < 1.29 is 0 Å². The minimum atomic E-state index is 0.156. The Kier molecular flexibility index (Phi) is 3.61. The first-order valence-corrected chi connectivity index (χ1v) is 9.31. The van der Waals surface area contributed by atoms with Gasteiger partial charge in [0.05, 0.1) is 5.69 Å². The van der Waals surface area contributed by atoms with Crippen molar-refractivity contribution in [2.24, 2.45) is 0 Å². The topological polar surface area (TPSA) is 19.4 Å². The predicted octanol–water partition coefficient (Wildman–Crippen LogP) is 5.84. The fourth-order valence-corrected chi connectivity index (χ4v) is 4.05. The fourth-order valence-electron chi connectivity index (χ4n) is 4.05. The molecule has 5 rings (SSSR count). The van der Waals surface area contributed by atoms with E-state index in [9.17, 15) is 0 Å². The largest absolute Gasteiger partial charge is 0.325 e. The van der Waals surface area contributed by atoms with Gasteiger partial charge in [0.25, 0.3) is 0 Å². The number of benzene rings is 3. The van der Waals surface area contributed by atoms with E-state index in [0.29, 0.717) is 0 Å². The Morgan fingerprint density at radius 3 is 2.26 bits per heavy atom. The summed E-state index contributed by atoms with van der Waals surface area (Å²) in [5.74, 6) is 1.01. The number of nitrogens with zero attached hydrogens (tertiary/aromatic N) is 3. The summed E-state index contributed by atoms with van der Waals surface area (Å²) >= 11 is 0. The molecular formula is C24H21N3. The SMILES string of the molecule is Cc1c(N2C=CN(c3cccc4ccccc34)[C@@H]2C)ncc2ccccc12. The van der Waals surface area contributed by atoms with Gasteiger partial charge in [-0.3, -0.25) is 0 Å². The molecule has 0 N–H and O–H groups in total. The van der Waals surface area contributed by atoms with Crippen molar-refractivity contribution in [3.05, 3.63) is 90.9 Å². The number of fused-ring (bicyclic) bond motifs is 2. The van der Waals surface area contributed by atoms with Crippen LogP contribution in [0.3, 0.4) is 0 Å². The standard InChI is InChI=1S/C24H21N3/c1-17-21-11-5-4-9-20(21)16-25-24(17)27-15-14-26(18(27)2)23-13-7-10-19-8-3-6-12-22(19)23/h3-16,18H,1-2H3/t18-/m0/s1. The van der Waals surface area contributed by atoms with Gasteiger partial charge < -0.3 is 9.80 Å². The van der Waals surface area contributed by atoms with Gasteiger partial charge in [-0.2, -0.15) is 0 Å². The summed E-state index contributed by atoms with van der Waals surface area (Å²) in [6, 6.07) is 23.4. The Bertz CT molecular complexity index is 1170. The maximum absolute atomic E-state index is 4.78. The maximum Gasteiger partial charge on any atom is 0.137 e. The summed E-state index contributed by atoms with van der Waals surface area (Å²) in [5.41, 5.74) is 2.43. The summed E-state index contributed by atoms with van der Waals surface area (Å²) in [5, 5.41) is 4.96. The number of hydrogen-bond acceptors (Lipinski definition) is 3. The minimum Gasteiger partial charge on any atom is -0.325 e. The van der Waals surface area contributed by atoms with E-state index in [4.69, 9.17) is 4.98 Å². The number of anilines is 2. The maximum atomic E-state index is 4.78. The highest BCUT2D eigenvalue weighted by atomic mass is 15.4. The molecular weight excluding hydrogens is 330 g/mol. The molecule has 0 amide bonds. The van der Waals surface area contributed by atoms with Gasteiger partial charge in [0.15, 0.2) is 0 Å². The smallest absolute Gasteiger partial charge is 0.137 e. The van der Waals surface area contributed by atoms with Gasteiger partial charge in [-0.05, 0) is 36.2 Å². The molecule has 0 fully saturated rings. The first kappa shape index (κ1) is 15.9. The van der Waals surface area contributed by atoms with Gasteiger partial charge in [-0.15, -0.1) is 0 Å². The zero-order valence-electron chi connectivity index (χ0n) is 15.5. The number of rotatable bonds is 2. The molecule has 0 radical (unpaired) electrons. The Morgan fingerprint density at radius 1 is 0.741 bits per heavy atom. The first-order valence-electron chi connectivity index (χ1n) is 9.31. The van der Waals surface area contributed by atoms with E-state index in [1.807, 2.05) is 6.20 Å². The van der Waals surface area contributed by atoms with Gasteiger partial charge in [0, 0.05) is 29.4 Å². The average molecular weight is 351 g/mol. The van der Waals surface area contributed by atoms with E-state index in [1.54, 1.807) is 0 Å². The molecule has 0 saturated carbocycles. The van der Waals surface area contributed by atoms with E-state index < -0.39 is 0 Å². The highest BCUT2D eigenvalue weighted by Crippen LogP contribution is 2.35. The lowest BCUT2D eigenvalue weighted by molar-refractivity contribution is 0.742. The van der Waals surface area contributed by atoms with Crippen LogP contribution in [0.4, 0.5) is 11.5 Å². The minimum absolute atomic E-state index is 0.156. The lowest BCUT2D eigenvalue weighted by atomic mass is 10.1. The Morgan fingerprint density at radius 2 is 1.41 bits per heavy atom. The average Bonchev–Trinajstić information content (AvgIpc) is 3.09. The first-order chi connectivity index (χ1) is 13.2. The highest BCUT2D eigenvalue weighted by Gasteiger charge is 2.27. The summed E-state index contributed by atoms with van der Waals surface area (Å²) in [7, 11) is 0. The molecule has 3 aromatic carbocycles. The van der Waals surface area contributed by atoms with E-state index in [2.05, 4.69) is 103 Å². The van der Waals surface area contributed by atoms with Crippen molar-refractivity contribution in [3.8, 4) is 0 Å². The molecule has 0 bridgehead atoms. The molecule has 1 aliphatic heterocycles. The second kappa shape index (κ2) is 6.13. The second-order valence-electron chi connectivity index (χ2n) is 7.04. The molecule has 2 heterocycles. The predicted molar refractivity (Wildman–Crippen MR) is 114 cm³/mol. The van der Waals surface area contributed by atoms with E-state index in [1.165, 1.54) is 32.8 Å². The molecule has 4 aromatic rings. The van der Waals surface area contributed by atoms with Gasteiger partial charge in [0.2, 0.25) is 0 Å². The molecule has 1 atom stereocenters. The van der Waals surface area contributed by atoms with Crippen LogP contribution < -0.4 is 9.80 Å². The van der Waals surface area contributed by atoms with Crippen LogP contribution in [0, 0.1) is 6.92 Å². The van der Waals surface area contributed by atoms with Gasteiger partial charge >= 0.3 is 0 Å². The molecule has 0 aliphatic carbocycles. The van der Waals surface area contributed by atoms with Gasteiger partial charge in [-0.25, -0.2) is 4.98 Å². The molecule has 27 heavy (non-hydrogen) atoms. The van der Waals surface area contributed by atoms with Crippen molar-refractivity contribution >= 4 is 33.1 Å². The lowest BCUT2D eigenvalue weighted by Gasteiger charge is -2.31. The van der Waals surface area contributed by atoms with Crippen LogP contribution in [0.1, 0.15) is 12.5 Å². The monoisotopic (exact) mass is 351 g/mol. The normalized spacial score (nSPS) is 16.6. The van der Waals surface area contributed by atoms with Crippen molar-refractivity contribution in [2.75, 3.05) is 9.80 Å². The quantitative estimate of drug-likeness (QED) is 0.452. The molecule has 0 unspecified atom stereocenters. The molecule has 3 heteroatoms. The number of aryl methyl sites for hydroxylation is 1. The number of aromatic nitrogens is 1. The summed E-state index contributed by atoms with van der Waals surface area (Å²) in [4.78, 5) is 9.35. The molecule has 3 nitrogen and oxygen atoms in total. The van der Waals surface area contributed by atoms with E-state index >= 15 is 0 Å². The zero-order chi connectivity index (χ0) is 18.4. The van der Waals surface area contributed by atoms with E-state index in [-0.39, 0.29) is 6.17 Å².